The molecule has 3 saturated carbocycles. The van der Waals surface area contributed by atoms with Gasteiger partial charge in [-0.25, -0.2) is 0 Å². The maximum atomic E-state index is 11.6. The van der Waals surface area contributed by atoms with Gasteiger partial charge in [0.05, 0.1) is 12.2 Å². The SMILES string of the molecule is O=C(NCCn1nc(C2CC2)cc1C1CC1)C1CC1. The maximum Gasteiger partial charge on any atom is 0.223 e. The van der Waals surface area contributed by atoms with Crippen LogP contribution < -0.4 is 5.32 Å². The van der Waals surface area contributed by atoms with Crippen molar-refractivity contribution in [3.05, 3.63) is 17.5 Å². The summed E-state index contributed by atoms with van der Waals surface area (Å²) in [6.07, 6.45) is 7.38. The van der Waals surface area contributed by atoms with Gasteiger partial charge in [-0.15, -0.1) is 0 Å². The molecule has 1 N–H and O–H groups in total. The lowest BCUT2D eigenvalue weighted by Gasteiger charge is -2.07. The maximum absolute atomic E-state index is 11.6. The molecule has 0 saturated heterocycles. The third-order valence-corrected chi connectivity index (χ3v) is 4.39. The quantitative estimate of drug-likeness (QED) is 0.851. The Kier molecular flexibility index (Phi) is 2.64. The first kappa shape index (κ1) is 11.5. The molecule has 4 rings (SSSR count). The summed E-state index contributed by atoms with van der Waals surface area (Å²) < 4.78 is 2.15. The summed E-state index contributed by atoms with van der Waals surface area (Å²) in [6.45, 7) is 1.55. The molecule has 3 aliphatic carbocycles. The van der Waals surface area contributed by atoms with Crippen LogP contribution in [0, 0.1) is 5.92 Å². The van der Waals surface area contributed by atoms with Gasteiger partial charge in [-0.3, -0.25) is 9.48 Å². The highest BCUT2D eigenvalue weighted by Crippen LogP contribution is 2.44. The second-order valence-corrected chi connectivity index (χ2v) is 6.33. The number of hydrogen-bond acceptors (Lipinski definition) is 2. The van der Waals surface area contributed by atoms with Crippen molar-refractivity contribution in [1.29, 1.82) is 0 Å². The topological polar surface area (TPSA) is 46.9 Å². The summed E-state index contributed by atoms with van der Waals surface area (Å²) in [5, 5.41) is 7.79. The minimum Gasteiger partial charge on any atom is -0.354 e. The lowest BCUT2D eigenvalue weighted by molar-refractivity contribution is -0.122. The molecule has 0 unspecified atom stereocenters. The van der Waals surface area contributed by atoms with E-state index in [-0.39, 0.29) is 5.91 Å². The third-order valence-electron chi connectivity index (χ3n) is 4.39. The molecule has 4 heteroatoms. The molecule has 1 aromatic rings. The fourth-order valence-corrected chi connectivity index (χ4v) is 2.69. The Morgan fingerprint density at radius 1 is 1.21 bits per heavy atom. The molecule has 1 amide bonds. The number of hydrogen-bond donors (Lipinski definition) is 1. The largest absolute Gasteiger partial charge is 0.354 e. The molecule has 0 atom stereocenters. The summed E-state index contributed by atoms with van der Waals surface area (Å²) in [5.74, 6) is 2.00. The van der Waals surface area contributed by atoms with Gasteiger partial charge in [0.1, 0.15) is 0 Å². The number of amides is 1. The van der Waals surface area contributed by atoms with Crippen molar-refractivity contribution in [2.75, 3.05) is 6.54 Å². The molecule has 0 spiro atoms. The second kappa shape index (κ2) is 4.36. The van der Waals surface area contributed by atoms with Crippen molar-refractivity contribution in [3.63, 3.8) is 0 Å². The third kappa shape index (κ3) is 2.53. The Hall–Kier alpha value is -1.32. The molecule has 102 valence electrons. The van der Waals surface area contributed by atoms with Crippen LogP contribution in [-0.2, 0) is 11.3 Å². The first-order valence-electron chi connectivity index (χ1n) is 7.66. The number of rotatable bonds is 6. The van der Waals surface area contributed by atoms with Gasteiger partial charge in [0.2, 0.25) is 5.91 Å². The van der Waals surface area contributed by atoms with Crippen molar-refractivity contribution in [1.82, 2.24) is 15.1 Å². The number of nitrogens with one attached hydrogen (secondary N) is 1. The van der Waals surface area contributed by atoms with Crippen molar-refractivity contribution in [2.24, 2.45) is 5.92 Å². The van der Waals surface area contributed by atoms with Crippen LogP contribution in [0.1, 0.15) is 61.7 Å². The predicted molar refractivity (Wildman–Crippen MR) is 71.9 cm³/mol. The van der Waals surface area contributed by atoms with Gasteiger partial charge in [0.15, 0.2) is 0 Å². The molecule has 0 aromatic carbocycles. The highest BCUT2D eigenvalue weighted by atomic mass is 16.2. The highest BCUT2D eigenvalue weighted by molar-refractivity contribution is 5.80. The highest BCUT2D eigenvalue weighted by Gasteiger charge is 2.33. The summed E-state index contributed by atoms with van der Waals surface area (Å²) in [7, 11) is 0. The molecule has 19 heavy (non-hydrogen) atoms. The number of nitrogens with zero attached hydrogens (tertiary/aromatic N) is 2. The van der Waals surface area contributed by atoms with E-state index in [1.54, 1.807) is 0 Å². The minimum atomic E-state index is 0.238. The number of carbonyl (C=O) groups excluding carboxylic acids is 1. The number of carbonyl (C=O) groups is 1. The summed E-state index contributed by atoms with van der Waals surface area (Å²) in [6, 6.07) is 2.32. The zero-order valence-electron chi connectivity index (χ0n) is 11.3. The van der Waals surface area contributed by atoms with Crippen LogP contribution in [0.2, 0.25) is 0 Å². The summed E-state index contributed by atoms with van der Waals surface area (Å²) in [4.78, 5) is 11.6. The van der Waals surface area contributed by atoms with E-state index in [1.165, 1.54) is 37.1 Å². The van der Waals surface area contributed by atoms with Crippen LogP contribution in [0.25, 0.3) is 0 Å². The Morgan fingerprint density at radius 2 is 1.95 bits per heavy atom. The standard InChI is InChI=1S/C15H21N3O/c19-15(12-5-6-12)16-7-8-18-14(11-3-4-11)9-13(17-18)10-1-2-10/h9-12H,1-8H2,(H,16,19). The van der Waals surface area contributed by atoms with E-state index < -0.39 is 0 Å². The lowest BCUT2D eigenvalue weighted by atomic mass is 10.2. The van der Waals surface area contributed by atoms with Gasteiger partial charge in [-0.2, -0.15) is 5.10 Å². The van der Waals surface area contributed by atoms with Crippen LogP contribution >= 0.6 is 0 Å². The predicted octanol–water partition coefficient (Wildman–Crippen LogP) is 2.16. The molecule has 0 radical (unpaired) electrons. The van der Waals surface area contributed by atoms with Crippen molar-refractivity contribution in [2.45, 2.75) is 56.9 Å². The van der Waals surface area contributed by atoms with Gasteiger partial charge in [0.25, 0.3) is 0 Å². The van der Waals surface area contributed by atoms with E-state index in [9.17, 15) is 4.79 Å². The molecule has 3 aliphatic rings. The Labute approximate surface area is 113 Å². The monoisotopic (exact) mass is 259 g/mol. The molecule has 1 heterocycles. The summed E-state index contributed by atoms with van der Waals surface area (Å²) >= 11 is 0. The van der Waals surface area contributed by atoms with Crippen LogP contribution in [0.4, 0.5) is 0 Å². The van der Waals surface area contributed by atoms with E-state index in [1.807, 2.05) is 0 Å². The normalized spacial score (nSPS) is 22.5. The van der Waals surface area contributed by atoms with Gasteiger partial charge >= 0.3 is 0 Å². The van der Waals surface area contributed by atoms with Crippen molar-refractivity contribution in [3.8, 4) is 0 Å². The Morgan fingerprint density at radius 3 is 2.58 bits per heavy atom. The van der Waals surface area contributed by atoms with E-state index in [4.69, 9.17) is 5.10 Å². The Balaban J connectivity index is 1.39. The summed E-state index contributed by atoms with van der Waals surface area (Å²) in [5.41, 5.74) is 2.69. The van der Waals surface area contributed by atoms with E-state index in [2.05, 4.69) is 16.1 Å². The van der Waals surface area contributed by atoms with E-state index in [0.717, 1.165) is 37.8 Å². The zero-order chi connectivity index (χ0) is 12.8. The molecular formula is C15H21N3O. The average Bonchev–Trinajstić information content (AvgIpc) is 3.28. The first-order valence-corrected chi connectivity index (χ1v) is 7.66. The van der Waals surface area contributed by atoms with Crippen LogP contribution in [0.3, 0.4) is 0 Å². The lowest BCUT2D eigenvalue weighted by Crippen LogP contribution is -2.29. The van der Waals surface area contributed by atoms with Crippen LogP contribution in [-0.4, -0.2) is 22.2 Å². The van der Waals surface area contributed by atoms with Crippen molar-refractivity contribution < 1.29 is 4.79 Å². The molecule has 3 fully saturated rings. The van der Waals surface area contributed by atoms with E-state index in [0.29, 0.717) is 5.92 Å². The van der Waals surface area contributed by atoms with Crippen molar-refractivity contribution >= 4 is 5.91 Å². The number of aromatic nitrogens is 2. The molecule has 1 aromatic heterocycles. The van der Waals surface area contributed by atoms with E-state index >= 15 is 0 Å². The average molecular weight is 259 g/mol. The fraction of sp³-hybridized carbons (Fsp3) is 0.733. The zero-order valence-corrected chi connectivity index (χ0v) is 11.3. The molecular weight excluding hydrogens is 238 g/mol. The van der Waals surface area contributed by atoms with Gasteiger partial charge < -0.3 is 5.32 Å². The van der Waals surface area contributed by atoms with Crippen LogP contribution in [0.15, 0.2) is 6.07 Å². The smallest absolute Gasteiger partial charge is 0.223 e. The molecule has 0 aliphatic heterocycles. The van der Waals surface area contributed by atoms with Gasteiger partial charge in [-0.1, -0.05) is 0 Å². The molecule has 0 bridgehead atoms. The van der Waals surface area contributed by atoms with Gasteiger partial charge in [0, 0.05) is 30.0 Å². The first-order chi connectivity index (χ1) is 9.31. The fourth-order valence-electron chi connectivity index (χ4n) is 2.69. The minimum absolute atomic E-state index is 0.238. The molecule has 4 nitrogen and oxygen atoms in total. The Bertz CT molecular complexity index is 495. The van der Waals surface area contributed by atoms with Gasteiger partial charge in [-0.05, 0) is 44.6 Å². The van der Waals surface area contributed by atoms with Crippen LogP contribution in [0.5, 0.6) is 0 Å². The second-order valence-electron chi connectivity index (χ2n) is 6.33.